The molecule has 1 aromatic heterocycles. The molecule has 0 aliphatic carbocycles. The zero-order valence-electron chi connectivity index (χ0n) is 18.3. The van der Waals surface area contributed by atoms with Gasteiger partial charge in [0, 0.05) is 31.9 Å². The van der Waals surface area contributed by atoms with Gasteiger partial charge in [-0.15, -0.1) is 5.10 Å². The molecule has 1 saturated heterocycles. The summed E-state index contributed by atoms with van der Waals surface area (Å²) in [6, 6.07) is 16.0. The van der Waals surface area contributed by atoms with E-state index in [1.165, 1.54) is 16.8 Å². The van der Waals surface area contributed by atoms with E-state index in [9.17, 15) is 9.59 Å². The molecule has 8 heteroatoms. The summed E-state index contributed by atoms with van der Waals surface area (Å²) in [4.78, 5) is 30.1. The third-order valence-electron chi connectivity index (χ3n) is 6.29. The molecule has 1 N–H and O–H groups in total. The largest absolute Gasteiger partial charge is 0.368 e. The Bertz CT molecular complexity index is 1160. The number of hydrogen-bond donors (Lipinski definition) is 1. The SMILES string of the molecule is Cc1ccc(C)c(N2CCN(C(=O)c3nnn4c3C(=O)NC(c3ccccc3)C4)CC2)c1. The number of carbonyl (C=O) groups is 2. The van der Waals surface area contributed by atoms with Crippen LogP contribution in [0.4, 0.5) is 5.69 Å². The summed E-state index contributed by atoms with van der Waals surface area (Å²) in [5, 5.41) is 11.2. The molecule has 3 heterocycles. The van der Waals surface area contributed by atoms with Crippen LogP contribution in [0.2, 0.25) is 0 Å². The monoisotopic (exact) mass is 430 g/mol. The molecule has 164 valence electrons. The minimum absolute atomic E-state index is 0.134. The van der Waals surface area contributed by atoms with Gasteiger partial charge in [-0.05, 0) is 36.6 Å². The van der Waals surface area contributed by atoms with Crippen LogP contribution in [0.3, 0.4) is 0 Å². The lowest BCUT2D eigenvalue weighted by Gasteiger charge is -2.36. The van der Waals surface area contributed by atoms with Crippen molar-refractivity contribution in [2.24, 2.45) is 0 Å². The Morgan fingerprint density at radius 1 is 1.03 bits per heavy atom. The van der Waals surface area contributed by atoms with E-state index in [4.69, 9.17) is 0 Å². The predicted molar refractivity (Wildman–Crippen MR) is 121 cm³/mol. The fourth-order valence-corrected chi connectivity index (χ4v) is 4.49. The van der Waals surface area contributed by atoms with Gasteiger partial charge < -0.3 is 15.1 Å². The summed E-state index contributed by atoms with van der Waals surface area (Å²) in [6.45, 7) is 7.27. The molecular formula is C24H26N6O2. The van der Waals surface area contributed by atoms with Crippen molar-refractivity contribution in [2.75, 3.05) is 31.1 Å². The lowest BCUT2D eigenvalue weighted by Crippen LogP contribution is -2.49. The maximum atomic E-state index is 13.2. The van der Waals surface area contributed by atoms with Gasteiger partial charge in [-0.25, -0.2) is 4.68 Å². The maximum Gasteiger partial charge on any atom is 0.277 e. The van der Waals surface area contributed by atoms with Crippen molar-refractivity contribution in [3.05, 3.63) is 76.6 Å². The van der Waals surface area contributed by atoms with Gasteiger partial charge in [-0.2, -0.15) is 0 Å². The molecule has 2 aliphatic heterocycles. The molecule has 2 aliphatic rings. The molecule has 32 heavy (non-hydrogen) atoms. The number of benzene rings is 2. The number of carbonyl (C=O) groups excluding carboxylic acids is 2. The van der Waals surface area contributed by atoms with Crippen molar-refractivity contribution < 1.29 is 9.59 Å². The summed E-state index contributed by atoms with van der Waals surface area (Å²) in [6.07, 6.45) is 0. The standard InChI is InChI=1S/C24H26N6O2/c1-16-8-9-17(2)20(14-16)28-10-12-29(13-11-28)24(32)21-22-23(31)25-19(15-30(22)27-26-21)18-6-4-3-5-7-18/h3-9,14,19H,10-13,15H2,1-2H3,(H,25,31). The van der Waals surface area contributed by atoms with Crippen molar-refractivity contribution in [3.63, 3.8) is 0 Å². The second-order valence-electron chi connectivity index (χ2n) is 8.47. The molecule has 0 spiro atoms. The third kappa shape index (κ3) is 3.62. The van der Waals surface area contributed by atoms with Crippen molar-refractivity contribution in [1.82, 2.24) is 25.2 Å². The van der Waals surface area contributed by atoms with E-state index < -0.39 is 0 Å². The Morgan fingerprint density at radius 3 is 2.53 bits per heavy atom. The molecule has 1 fully saturated rings. The molecule has 0 radical (unpaired) electrons. The number of rotatable bonds is 3. The quantitative estimate of drug-likeness (QED) is 0.690. The minimum Gasteiger partial charge on any atom is -0.368 e. The molecule has 2 amide bonds. The first-order valence-corrected chi connectivity index (χ1v) is 10.9. The fourth-order valence-electron chi connectivity index (χ4n) is 4.49. The number of aromatic nitrogens is 3. The molecule has 1 unspecified atom stereocenters. The summed E-state index contributed by atoms with van der Waals surface area (Å²) in [7, 11) is 0. The van der Waals surface area contributed by atoms with E-state index in [0.717, 1.165) is 18.7 Å². The van der Waals surface area contributed by atoms with E-state index in [0.29, 0.717) is 19.6 Å². The van der Waals surface area contributed by atoms with Crippen LogP contribution in [0.15, 0.2) is 48.5 Å². The number of amides is 2. The van der Waals surface area contributed by atoms with Crippen LogP contribution in [-0.2, 0) is 6.54 Å². The van der Waals surface area contributed by atoms with Gasteiger partial charge in [-0.3, -0.25) is 9.59 Å². The highest BCUT2D eigenvalue weighted by molar-refractivity contribution is 6.05. The van der Waals surface area contributed by atoms with Crippen LogP contribution in [0.5, 0.6) is 0 Å². The maximum absolute atomic E-state index is 13.2. The van der Waals surface area contributed by atoms with Gasteiger partial charge in [0.15, 0.2) is 11.4 Å². The summed E-state index contributed by atoms with van der Waals surface area (Å²) in [5.74, 6) is -0.548. The highest BCUT2D eigenvalue weighted by Gasteiger charge is 2.35. The lowest BCUT2D eigenvalue weighted by molar-refractivity contribution is 0.0731. The van der Waals surface area contributed by atoms with E-state index in [1.54, 1.807) is 9.58 Å². The predicted octanol–water partition coefficient (Wildman–Crippen LogP) is 2.34. The molecule has 0 bridgehead atoms. The van der Waals surface area contributed by atoms with Crippen molar-refractivity contribution in [3.8, 4) is 0 Å². The first kappa shape index (κ1) is 20.2. The van der Waals surface area contributed by atoms with E-state index in [1.807, 2.05) is 30.3 Å². The van der Waals surface area contributed by atoms with Crippen LogP contribution in [0.1, 0.15) is 43.7 Å². The first-order chi connectivity index (χ1) is 15.5. The molecule has 1 atom stereocenters. The average Bonchev–Trinajstić information content (AvgIpc) is 3.25. The highest BCUT2D eigenvalue weighted by atomic mass is 16.2. The lowest BCUT2D eigenvalue weighted by atomic mass is 10.0. The van der Waals surface area contributed by atoms with Crippen molar-refractivity contribution >= 4 is 17.5 Å². The second kappa shape index (κ2) is 8.11. The van der Waals surface area contributed by atoms with E-state index in [-0.39, 0.29) is 29.2 Å². The Morgan fingerprint density at radius 2 is 1.78 bits per heavy atom. The molecule has 0 saturated carbocycles. The average molecular weight is 431 g/mol. The van der Waals surface area contributed by atoms with Gasteiger partial charge in [0.1, 0.15) is 0 Å². The molecular weight excluding hydrogens is 404 g/mol. The topological polar surface area (TPSA) is 83.4 Å². The second-order valence-corrected chi connectivity index (χ2v) is 8.47. The smallest absolute Gasteiger partial charge is 0.277 e. The summed E-state index contributed by atoms with van der Waals surface area (Å²) >= 11 is 0. The fraction of sp³-hybridized carbons (Fsp3) is 0.333. The number of piperazine rings is 1. The van der Waals surface area contributed by atoms with Gasteiger partial charge in [-0.1, -0.05) is 47.7 Å². The van der Waals surface area contributed by atoms with Crippen LogP contribution in [0, 0.1) is 13.8 Å². The van der Waals surface area contributed by atoms with Crippen molar-refractivity contribution in [1.29, 1.82) is 0 Å². The molecule has 8 nitrogen and oxygen atoms in total. The van der Waals surface area contributed by atoms with Gasteiger partial charge in [0.05, 0.1) is 12.6 Å². The van der Waals surface area contributed by atoms with Gasteiger partial charge >= 0.3 is 0 Å². The molecule has 3 aromatic rings. The highest BCUT2D eigenvalue weighted by Crippen LogP contribution is 2.25. The number of nitrogens with one attached hydrogen (secondary N) is 1. The normalized spacial score (nSPS) is 18.3. The van der Waals surface area contributed by atoms with Crippen molar-refractivity contribution in [2.45, 2.75) is 26.4 Å². The number of aryl methyl sites for hydroxylation is 2. The Labute approximate surface area is 186 Å². The van der Waals surface area contributed by atoms with E-state index >= 15 is 0 Å². The summed E-state index contributed by atoms with van der Waals surface area (Å²) in [5.41, 5.74) is 5.04. The van der Waals surface area contributed by atoms with Crippen LogP contribution in [-0.4, -0.2) is 57.9 Å². The zero-order chi connectivity index (χ0) is 22.2. The molecule has 2 aromatic carbocycles. The minimum atomic E-state index is -0.313. The Hall–Kier alpha value is -3.68. The Kier molecular flexibility index (Phi) is 5.13. The third-order valence-corrected chi connectivity index (χ3v) is 6.29. The summed E-state index contributed by atoms with van der Waals surface area (Å²) < 4.78 is 1.55. The Balaban J connectivity index is 1.30. The number of nitrogens with zero attached hydrogens (tertiary/aromatic N) is 5. The van der Waals surface area contributed by atoms with Crippen LogP contribution >= 0.6 is 0 Å². The number of hydrogen-bond acceptors (Lipinski definition) is 5. The van der Waals surface area contributed by atoms with Gasteiger partial charge in [0.2, 0.25) is 0 Å². The first-order valence-electron chi connectivity index (χ1n) is 10.9. The van der Waals surface area contributed by atoms with Crippen LogP contribution in [0.25, 0.3) is 0 Å². The zero-order valence-corrected chi connectivity index (χ0v) is 18.3. The molecule has 5 rings (SSSR count). The number of fused-ring (bicyclic) bond motifs is 1. The van der Waals surface area contributed by atoms with E-state index in [2.05, 4.69) is 52.6 Å². The van der Waals surface area contributed by atoms with Gasteiger partial charge in [0.25, 0.3) is 11.8 Å². The van der Waals surface area contributed by atoms with Crippen LogP contribution < -0.4 is 10.2 Å². The number of anilines is 1.